The summed E-state index contributed by atoms with van der Waals surface area (Å²) >= 11 is 0. The third-order valence-electron chi connectivity index (χ3n) is 3.13. The quantitative estimate of drug-likeness (QED) is 0.730. The molecule has 2 N–H and O–H groups in total. The van der Waals surface area contributed by atoms with Crippen LogP contribution in [0.2, 0.25) is 0 Å². The second kappa shape index (κ2) is 7.21. The lowest BCUT2D eigenvalue weighted by Crippen LogP contribution is -2.53. The van der Waals surface area contributed by atoms with Gasteiger partial charge in [0.2, 0.25) is 15.9 Å². The molecule has 0 aromatic carbocycles. The maximum atomic E-state index is 12.0. The number of piperazine rings is 1. The normalized spacial score (nSPS) is 19.1. The van der Waals surface area contributed by atoms with Crippen molar-refractivity contribution >= 4 is 28.3 Å². The van der Waals surface area contributed by atoms with Gasteiger partial charge >= 0.3 is 0 Å². The van der Waals surface area contributed by atoms with E-state index in [1.54, 1.807) is 11.9 Å². The topological polar surface area (TPSA) is 96.3 Å². The molecule has 120 valence electrons. The first-order chi connectivity index (χ1) is 9.38. The summed E-state index contributed by atoms with van der Waals surface area (Å²) < 4.78 is 27.6. The molecule has 1 amide bonds. The highest BCUT2D eigenvalue weighted by molar-refractivity contribution is 7.89. The third-order valence-corrected chi connectivity index (χ3v) is 4.48. The van der Waals surface area contributed by atoms with Crippen molar-refractivity contribution in [3.63, 3.8) is 0 Å². The summed E-state index contributed by atoms with van der Waals surface area (Å²) in [5.74, 6) is -0.217. The first-order valence-electron chi connectivity index (χ1n) is 6.38. The van der Waals surface area contributed by atoms with Crippen LogP contribution in [-0.2, 0) is 21.9 Å². The van der Waals surface area contributed by atoms with Gasteiger partial charge in [-0.05, 0) is 6.92 Å². The van der Waals surface area contributed by atoms with Gasteiger partial charge in [0.05, 0.1) is 12.7 Å². The van der Waals surface area contributed by atoms with Crippen molar-refractivity contribution in [3.05, 3.63) is 12.4 Å². The Labute approximate surface area is 130 Å². The Balaban J connectivity index is 0.00000220. The molecule has 0 saturated carbocycles. The van der Waals surface area contributed by atoms with Gasteiger partial charge in [-0.3, -0.25) is 9.48 Å². The van der Waals surface area contributed by atoms with Crippen LogP contribution in [0.15, 0.2) is 17.3 Å². The van der Waals surface area contributed by atoms with Crippen LogP contribution in [-0.4, -0.2) is 61.2 Å². The minimum absolute atomic E-state index is 0. The molecule has 8 nitrogen and oxygen atoms in total. The summed E-state index contributed by atoms with van der Waals surface area (Å²) in [5, 5.41) is 7.03. The molecule has 1 aromatic heterocycles. The number of sulfonamides is 1. The number of hydrogen-bond acceptors (Lipinski definition) is 5. The Hall–Kier alpha value is -1.16. The summed E-state index contributed by atoms with van der Waals surface area (Å²) in [6, 6.07) is 0.225. The zero-order chi connectivity index (χ0) is 14.8. The summed E-state index contributed by atoms with van der Waals surface area (Å²) in [7, 11) is -2.05. The third kappa shape index (κ3) is 4.67. The predicted molar refractivity (Wildman–Crippen MR) is 79.7 cm³/mol. The molecule has 0 radical (unpaired) electrons. The molecule has 1 aromatic rings. The molecule has 2 heterocycles. The minimum atomic E-state index is -3.68. The van der Waals surface area contributed by atoms with Gasteiger partial charge in [0.25, 0.3) is 0 Å². The summed E-state index contributed by atoms with van der Waals surface area (Å²) in [5.41, 5.74) is 0. The second-order valence-corrected chi connectivity index (χ2v) is 6.64. The van der Waals surface area contributed by atoms with Crippen LogP contribution in [0.5, 0.6) is 0 Å². The molecule has 1 fully saturated rings. The highest BCUT2D eigenvalue weighted by Gasteiger charge is 2.23. The molecule has 1 atom stereocenters. The smallest absolute Gasteiger partial charge is 0.244 e. The van der Waals surface area contributed by atoms with E-state index < -0.39 is 10.0 Å². The number of amides is 1. The first-order valence-corrected chi connectivity index (χ1v) is 7.86. The molecule has 1 aliphatic rings. The number of hydrogen-bond donors (Lipinski definition) is 2. The zero-order valence-electron chi connectivity index (χ0n) is 11.9. The van der Waals surface area contributed by atoms with Crippen LogP contribution in [0.3, 0.4) is 0 Å². The Morgan fingerprint density at radius 3 is 2.86 bits per heavy atom. The van der Waals surface area contributed by atoms with Gasteiger partial charge < -0.3 is 10.2 Å². The van der Waals surface area contributed by atoms with Crippen molar-refractivity contribution in [2.45, 2.75) is 17.9 Å². The highest BCUT2D eigenvalue weighted by atomic mass is 35.5. The number of nitrogens with one attached hydrogen (secondary N) is 2. The van der Waals surface area contributed by atoms with Crippen molar-refractivity contribution in [2.75, 3.05) is 26.2 Å². The SMILES string of the molecule is CC1CN(C(=O)CNS(=O)(=O)c2cnn(C)c2)CCN1.Cl. The van der Waals surface area contributed by atoms with Crippen molar-refractivity contribution in [1.29, 1.82) is 0 Å². The van der Waals surface area contributed by atoms with E-state index in [0.29, 0.717) is 13.1 Å². The first kappa shape index (κ1) is 17.9. The van der Waals surface area contributed by atoms with Crippen LogP contribution < -0.4 is 10.0 Å². The number of aryl methyl sites for hydroxylation is 1. The van der Waals surface area contributed by atoms with E-state index in [-0.39, 0.29) is 35.8 Å². The van der Waals surface area contributed by atoms with Crippen LogP contribution >= 0.6 is 12.4 Å². The van der Waals surface area contributed by atoms with E-state index in [0.717, 1.165) is 6.54 Å². The molecule has 0 aliphatic carbocycles. The lowest BCUT2D eigenvalue weighted by molar-refractivity contribution is -0.131. The Morgan fingerprint density at radius 1 is 1.57 bits per heavy atom. The molecule has 2 rings (SSSR count). The average Bonchev–Trinajstić information content (AvgIpc) is 2.83. The molecule has 1 unspecified atom stereocenters. The van der Waals surface area contributed by atoms with Gasteiger partial charge in [-0.2, -0.15) is 5.10 Å². The van der Waals surface area contributed by atoms with Crippen molar-refractivity contribution < 1.29 is 13.2 Å². The van der Waals surface area contributed by atoms with Gasteiger partial charge in [-0.15, -0.1) is 12.4 Å². The Morgan fingerprint density at radius 2 is 2.29 bits per heavy atom. The number of nitrogens with zero attached hydrogens (tertiary/aromatic N) is 3. The van der Waals surface area contributed by atoms with Gasteiger partial charge in [-0.1, -0.05) is 0 Å². The fourth-order valence-corrected chi connectivity index (χ4v) is 3.01. The number of carbonyl (C=O) groups excluding carboxylic acids is 1. The van der Waals surface area contributed by atoms with E-state index >= 15 is 0 Å². The number of aromatic nitrogens is 2. The van der Waals surface area contributed by atoms with Gasteiger partial charge in [0.15, 0.2) is 0 Å². The zero-order valence-corrected chi connectivity index (χ0v) is 13.6. The van der Waals surface area contributed by atoms with Gasteiger partial charge in [0, 0.05) is 38.9 Å². The molecule has 10 heteroatoms. The standard InChI is InChI=1S/C11H19N5O3S.ClH/c1-9-7-16(4-3-12-9)11(17)6-14-20(18,19)10-5-13-15(2)8-10;/h5,8-9,12,14H,3-4,6-7H2,1-2H3;1H. The average molecular weight is 338 g/mol. The van der Waals surface area contributed by atoms with Crippen LogP contribution in [0, 0.1) is 0 Å². The summed E-state index contributed by atoms with van der Waals surface area (Å²) in [4.78, 5) is 13.7. The van der Waals surface area contributed by atoms with Crippen molar-refractivity contribution in [3.8, 4) is 0 Å². The van der Waals surface area contributed by atoms with E-state index in [1.807, 2.05) is 6.92 Å². The molecular formula is C11H20ClN5O3S. The largest absolute Gasteiger partial charge is 0.339 e. The molecule has 1 saturated heterocycles. The minimum Gasteiger partial charge on any atom is -0.339 e. The molecule has 1 aliphatic heterocycles. The van der Waals surface area contributed by atoms with E-state index in [1.165, 1.54) is 17.1 Å². The highest BCUT2D eigenvalue weighted by Crippen LogP contribution is 2.06. The monoisotopic (exact) mass is 337 g/mol. The predicted octanol–water partition coefficient (Wildman–Crippen LogP) is -1.06. The molecule has 21 heavy (non-hydrogen) atoms. The Kier molecular flexibility index (Phi) is 6.14. The lowest BCUT2D eigenvalue weighted by Gasteiger charge is -2.31. The number of carbonyl (C=O) groups is 1. The van der Waals surface area contributed by atoms with Gasteiger partial charge in [0.1, 0.15) is 4.90 Å². The summed E-state index contributed by atoms with van der Waals surface area (Å²) in [6.45, 7) is 3.66. The van der Waals surface area contributed by atoms with Crippen LogP contribution in [0.4, 0.5) is 0 Å². The van der Waals surface area contributed by atoms with E-state index in [4.69, 9.17) is 0 Å². The molecule has 0 bridgehead atoms. The lowest BCUT2D eigenvalue weighted by atomic mass is 10.2. The van der Waals surface area contributed by atoms with Gasteiger partial charge in [-0.25, -0.2) is 13.1 Å². The number of halogens is 1. The van der Waals surface area contributed by atoms with Crippen molar-refractivity contribution in [2.24, 2.45) is 7.05 Å². The van der Waals surface area contributed by atoms with E-state index in [9.17, 15) is 13.2 Å². The fourth-order valence-electron chi connectivity index (χ4n) is 2.05. The molecule has 0 spiro atoms. The maximum Gasteiger partial charge on any atom is 0.244 e. The van der Waals surface area contributed by atoms with E-state index in [2.05, 4.69) is 15.1 Å². The van der Waals surface area contributed by atoms with Crippen LogP contribution in [0.25, 0.3) is 0 Å². The number of rotatable bonds is 4. The Bertz CT molecular complexity index is 588. The summed E-state index contributed by atoms with van der Waals surface area (Å²) in [6.07, 6.45) is 2.64. The second-order valence-electron chi connectivity index (χ2n) is 4.87. The fraction of sp³-hybridized carbons (Fsp3) is 0.636. The molecular weight excluding hydrogens is 318 g/mol. The van der Waals surface area contributed by atoms with Crippen molar-refractivity contribution in [1.82, 2.24) is 24.7 Å². The van der Waals surface area contributed by atoms with Crippen LogP contribution in [0.1, 0.15) is 6.92 Å². The maximum absolute atomic E-state index is 12.0.